The number of aromatic amines is 1. The van der Waals surface area contributed by atoms with Gasteiger partial charge in [0.15, 0.2) is 0 Å². The summed E-state index contributed by atoms with van der Waals surface area (Å²) < 4.78 is 0. The monoisotopic (exact) mass is 227 g/mol. The maximum absolute atomic E-state index is 12.3. The number of hydrogen-bond donors (Lipinski definition) is 1. The highest BCUT2D eigenvalue weighted by atomic mass is 16.2. The lowest BCUT2D eigenvalue weighted by atomic mass is 10.1. The van der Waals surface area contributed by atoms with Gasteiger partial charge in [0, 0.05) is 30.4 Å². The molecule has 3 nitrogen and oxygen atoms in total. The number of H-pyrrole nitrogens is 1. The van der Waals surface area contributed by atoms with Crippen LogP contribution in [0.2, 0.25) is 0 Å². The second-order valence-corrected chi connectivity index (χ2v) is 4.46. The predicted molar refractivity (Wildman–Crippen MR) is 67.7 cm³/mol. The van der Waals surface area contributed by atoms with Crippen LogP contribution in [0.4, 0.5) is 0 Å². The molecule has 1 aromatic heterocycles. The molecule has 1 aliphatic heterocycles. The summed E-state index contributed by atoms with van der Waals surface area (Å²) in [7, 11) is 0. The van der Waals surface area contributed by atoms with E-state index < -0.39 is 0 Å². The van der Waals surface area contributed by atoms with Crippen molar-refractivity contribution < 1.29 is 4.79 Å². The van der Waals surface area contributed by atoms with E-state index in [1.54, 1.807) is 0 Å². The summed E-state index contributed by atoms with van der Waals surface area (Å²) in [5, 5.41) is 1.15. The van der Waals surface area contributed by atoms with Crippen LogP contribution in [0.15, 0.2) is 30.5 Å². The number of piperidine rings is 1. The van der Waals surface area contributed by atoms with Gasteiger partial charge < -0.3 is 9.88 Å². The molecule has 1 radical (unpaired) electrons. The Kier molecular flexibility index (Phi) is 2.59. The number of amides is 1. The average molecular weight is 227 g/mol. The second-order valence-electron chi connectivity index (χ2n) is 4.46. The molecular formula is C14H15N2O. The summed E-state index contributed by atoms with van der Waals surface area (Å²) in [5.74, 6) is 0.137. The number of fused-ring (bicyclic) bond motifs is 1. The molecule has 2 heterocycles. The van der Waals surface area contributed by atoms with E-state index in [0.717, 1.165) is 42.4 Å². The van der Waals surface area contributed by atoms with E-state index >= 15 is 0 Å². The van der Waals surface area contributed by atoms with Gasteiger partial charge in [-0.05, 0) is 42.8 Å². The minimum Gasteiger partial charge on any atom is -0.361 e. The Hall–Kier alpha value is -1.77. The molecule has 1 aromatic carbocycles. The van der Waals surface area contributed by atoms with Crippen molar-refractivity contribution in [2.24, 2.45) is 0 Å². The van der Waals surface area contributed by atoms with Crippen molar-refractivity contribution in [3.8, 4) is 0 Å². The van der Waals surface area contributed by atoms with Gasteiger partial charge in [-0.3, -0.25) is 4.79 Å². The van der Waals surface area contributed by atoms with Gasteiger partial charge >= 0.3 is 0 Å². The first-order valence-corrected chi connectivity index (χ1v) is 6.03. The molecule has 0 bridgehead atoms. The summed E-state index contributed by atoms with van der Waals surface area (Å²) in [5.41, 5.74) is 1.80. The van der Waals surface area contributed by atoms with E-state index in [9.17, 15) is 4.79 Å². The van der Waals surface area contributed by atoms with E-state index in [1.807, 2.05) is 35.4 Å². The minimum absolute atomic E-state index is 0.137. The largest absolute Gasteiger partial charge is 0.361 e. The Morgan fingerprint density at radius 2 is 2.24 bits per heavy atom. The molecule has 1 fully saturated rings. The lowest BCUT2D eigenvalue weighted by molar-refractivity contribution is 0.0750. The normalized spacial score (nSPS) is 16.4. The zero-order valence-electron chi connectivity index (χ0n) is 9.65. The van der Waals surface area contributed by atoms with E-state index in [2.05, 4.69) is 11.4 Å². The molecule has 0 aliphatic carbocycles. The third-order valence-corrected chi connectivity index (χ3v) is 3.27. The van der Waals surface area contributed by atoms with Gasteiger partial charge in [0.05, 0.1) is 0 Å². The summed E-state index contributed by atoms with van der Waals surface area (Å²) in [6.45, 7) is 1.65. The van der Waals surface area contributed by atoms with Crippen LogP contribution in [-0.2, 0) is 0 Å². The molecule has 3 heteroatoms. The molecule has 1 aliphatic rings. The van der Waals surface area contributed by atoms with Gasteiger partial charge in [0.25, 0.3) is 5.91 Å². The molecule has 2 aromatic rings. The summed E-state index contributed by atoms with van der Waals surface area (Å²) in [6.07, 6.45) is 6.28. The van der Waals surface area contributed by atoms with Crippen molar-refractivity contribution in [1.29, 1.82) is 0 Å². The zero-order chi connectivity index (χ0) is 11.7. The fraction of sp³-hybridized carbons (Fsp3) is 0.286. The third-order valence-electron chi connectivity index (χ3n) is 3.27. The smallest absolute Gasteiger partial charge is 0.253 e. The van der Waals surface area contributed by atoms with Crippen LogP contribution in [0.5, 0.6) is 0 Å². The number of nitrogens with zero attached hydrogens (tertiary/aromatic N) is 1. The standard InChI is InChI=1S/C14H15N2O/c17-14(16-8-2-1-3-9-16)12-5-4-11-6-7-15-13(11)10-12/h2,4-7,10,15H,1,3,8-9H2. The Balaban J connectivity index is 1.88. The molecule has 0 atom stereocenters. The Bertz CT molecular complexity index is 538. The van der Waals surface area contributed by atoms with Gasteiger partial charge in [0.2, 0.25) is 0 Å². The first-order chi connectivity index (χ1) is 8.34. The van der Waals surface area contributed by atoms with Gasteiger partial charge in [-0.1, -0.05) is 6.07 Å². The first kappa shape index (κ1) is 10.4. The maximum Gasteiger partial charge on any atom is 0.253 e. The highest BCUT2D eigenvalue weighted by Gasteiger charge is 2.18. The molecule has 0 unspecified atom stereocenters. The maximum atomic E-state index is 12.3. The number of carbonyl (C=O) groups excluding carboxylic acids is 1. The number of nitrogens with one attached hydrogen (secondary N) is 1. The third kappa shape index (κ3) is 1.93. The number of carbonyl (C=O) groups is 1. The lowest BCUT2D eigenvalue weighted by Gasteiger charge is -2.26. The summed E-state index contributed by atoms with van der Waals surface area (Å²) in [6, 6.07) is 7.85. The average Bonchev–Trinajstić information content (AvgIpc) is 2.86. The topological polar surface area (TPSA) is 36.1 Å². The van der Waals surface area contributed by atoms with Gasteiger partial charge in [-0.15, -0.1) is 0 Å². The summed E-state index contributed by atoms with van der Waals surface area (Å²) in [4.78, 5) is 17.3. The Morgan fingerprint density at radius 1 is 1.29 bits per heavy atom. The van der Waals surface area contributed by atoms with Gasteiger partial charge in [-0.25, -0.2) is 0 Å². The first-order valence-electron chi connectivity index (χ1n) is 6.03. The van der Waals surface area contributed by atoms with Crippen LogP contribution < -0.4 is 0 Å². The molecule has 0 saturated carbocycles. The van der Waals surface area contributed by atoms with E-state index in [4.69, 9.17) is 0 Å². The van der Waals surface area contributed by atoms with Gasteiger partial charge in [-0.2, -0.15) is 0 Å². The fourth-order valence-corrected chi connectivity index (χ4v) is 2.31. The lowest BCUT2D eigenvalue weighted by Crippen LogP contribution is -2.35. The van der Waals surface area contributed by atoms with E-state index in [-0.39, 0.29) is 5.91 Å². The van der Waals surface area contributed by atoms with E-state index in [1.165, 1.54) is 0 Å². The summed E-state index contributed by atoms with van der Waals surface area (Å²) >= 11 is 0. The van der Waals surface area contributed by atoms with E-state index in [0.29, 0.717) is 0 Å². The number of rotatable bonds is 1. The quantitative estimate of drug-likeness (QED) is 0.798. The second kappa shape index (κ2) is 4.24. The number of likely N-dealkylation sites (tertiary alicyclic amines) is 1. The number of benzene rings is 1. The van der Waals surface area contributed by atoms with Crippen LogP contribution in [0.3, 0.4) is 0 Å². The van der Waals surface area contributed by atoms with Crippen molar-refractivity contribution in [3.05, 3.63) is 42.4 Å². The molecule has 1 amide bonds. The van der Waals surface area contributed by atoms with Crippen molar-refractivity contribution >= 4 is 16.8 Å². The molecule has 1 saturated heterocycles. The molecule has 3 rings (SSSR count). The minimum atomic E-state index is 0.137. The molecule has 0 spiro atoms. The van der Waals surface area contributed by atoms with Crippen molar-refractivity contribution in [2.75, 3.05) is 13.1 Å². The SMILES string of the molecule is O=C(c1ccc2cc[nH]c2c1)N1C[CH]CCC1. The molecular weight excluding hydrogens is 212 g/mol. The van der Waals surface area contributed by atoms with Crippen LogP contribution in [-0.4, -0.2) is 28.9 Å². The van der Waals surface area contributed by atoms with Crippen LogP contribution in [0.1, 0.15) is 23.2 Å². The van der Waals surface area contributed by atoms with Crippen molar-refractivity contribution in [3.63, 3.8) is 0 Å². The highest BCUT2D eigenvalue weighted by molar-refractivity contribution is 5.98. The molecule has 1 N–H and O–H groups in total. The van der Waals surface area contributed by atoms with Crippen molar-refractivity contribution in [2.45, 2.75) is 12.8 Å². The molecule has 87 valence electrons. The molecule has 17 heavy (non-hydrogen) atoms. The van der Waals surface area contributed by atoms with Crippen molar-refractivity contribution in [1.82, 2.24) is 9.88 Å². The van der Waals surface area contributed by atoms with Gasteiger partial charge in [0.1, 0.15) is 0 Å². The fourth-order valence-electron chi connectivity index (χ4n) is 2.31. The number of aromatic nitrogens is 1. The number of hydrogen-bond acceptors (Lipinski definition) is 1. The van der Waals surface area contributed by atoms with Crippen LogP contribution in [0, 0.1) is 6.42 Å². The van der Waals surface area contributed by atoms with Crippen LogP contribution >= 0.6 is 0 Å². The Labute approximate surface area is 100 Å². The highest BCUT2D eigenvalue weighted by Crippen LogP contribution is 2.17. The van der Waals surface area contributed by atoms with Crippen LogP contribution in [0.25, 0.3) is 10.9 Å². The zero-order valence-corrected chi connectivity index (χ0v) is 9.65. The predicted octanol–water partition coefficient (Wildman–Crippen LogP) is 2.61. The Morgan fingerprint density at radius 3 is 3.06 bits per heavy atom.